The van der Waals surface area contributed by atoms with Crippen LogP contribution in [0, 0.1) is 20.8 Å². The van der Waals surface area contributed by atoms with Gasteiger partial charge in [0.05, 0.1) is 5.69 Å². The fourth-order valence-corrected chi connectivity index (χ4v) is 4.02. The molecule has 0 unspecified atom stereocenters. The molecule has 3 rings (SSSR count). The number of thioether (sulfide) groups is 1. The number of aryl methyl sites for hydroxylation is 2. The molecule has 132 valence electrons. The minimum atomic E-state index is -0.296. The molecule has 0 N–H and O–H groups in total. The van der Waals surface area contributed by atoms with Crippen molar-refractivity contribution in [1.29, 1.82) is 0 Å². The van der Waals surface area contributed by atoms with Crippen molar-refractivity contribution >= 4 is 22.7 Å². The largest absolute Gasteiger partial charge is 0.423 e. The van der Waals surface area contributed by atoms with Crippen LogP contribution < -0.4 is 5.63 Å². The van der Waals surface area contributed by atoms with Crippen LogP contribution in [-0.2, 0) is 12.3 Å². The Morgan fingerprint density at radius 1 is 1.20 bits per heavy atom. The number of imidazole rings is 1. The molecule has 0 fully saturated rings. The summed E-state index contributed by atoms with van der Waals surface area (Å²) in [5.74, 6) is 0.702. The zero-order valence-corrected chi connectivity index (χ0v) is 16.1. The van der Waals surface area contributed by atoms with Gasteiger partial charge in [0.1, 0.15) is 5.58 Å². The fraction of sp³-hybridized carbons (Fsp3) is 0.400. The summed E-state index contributed by atoms with van der Waals surface area (Å²) in [6, 6.07) is 7.60. The molecular formula is C20H24N2O2S. The Hall–Kier alpha value is -2.01. The molecular weight excluding hydrogens is 332 g/mol. The average Bonchev–Trinajstić information content (AvgIpc) is 2.84. The van der Waals surface area contributed by atoms with Crippen LogP contribution in [0.2, 0.25) is 0 Å². The third kappa shape index (κ3) is 3.82. The lowest BCUT2D eigenvalue weighted by Gasteiger charge is -2.10. The number of hydrogen-bond acceptors (Lipinski definition) is 4. The van der Waals surface area contributed by atoms with Gasteiger partial charge in [-0.25, -0.2) is 9.78 Å². The van der Waals surface area contributed by atoms with E-state index in [1.165, 1.54) is 5.69 Å². The summed E-state index contributed by atoms with van der Waals surface area (Å²) in [5.41, 5.74) is 4.74. The summed E-state index contributed by atoms with van der Waals surface area (Å²) >= 11 is 1.68. The highest BCUT2D eigenvalue weighted by atomic mass is 32.2. The molecule has 5 heteroatoms. The Balaban J connectivity index is 1.91. The van der Waals surface area contributed by atoms with E-state index in [1.807, 2.05) is 25.1 Å². The molecule has 1 aromatic carbocycles. The first-order valence-corrected chi connectivity index (χ1v) is 9.68. The van der Waals surface area contributed by atoms with Crippen molar-refractivity contribution in [3.05, 3.63) is 57.2 Å². The van der Waals surface area contributed by atoms with E-state index in [4.69, 9.17) is 9.40 Å². The summed E-state index contributed by atoms with van der Waals surface area (Å²) in [7, 11) is 0. The first-order valence-electron chi connectivity index (χ1n) is 8.69. The molecule has 0 aliphatic carbocycles. The highest BCUT2D eigenvalue weighted by Crippen LogP contribution is 2.28. The van der Waals surface area contributed by atoms with Crippen LogP contribution in [-0.4, -0.2) is 9.55 Å². The van der Waals surface area contributed by atoms with Crippen LogP contribution in [0.1, 0.15) is 42.3 Å². The number of benzene rings is 1. The van der Waals surface area contributed by atoms with Gasteiger partial charge in [0.25, 0.3) is 0 Å². The van der Waals surface area contributed by atoms with Crippen molar-refractivity contribution < 1.29 is 4.42 Å². The molecule has 2 aromatic heterocycles. The topological polar surface area (TPSA) is 48.0 Å². The smallest absolute Gasteiger partial charge is 0.336 e. The van der Waals surface area contributed by atoms with Gasteiger partial charge in [0, 0.05) is 29.4 Å². The average molecular weight is 356 g/mol. The molecule has 0 saturated carbocycles. The van der Waals surface area contributed by atoms with E-state index >= 15 is 0 Å². The van der Waals surface area contributed by atoms with Gasteiger partial charge in [0.2, 0.25) is 0 Å². The number of fused-ring (bicyclic) bond motifs is 1. The summed E-state index contributed by atoms with van der Waals surface area (Å²) in [5, 5.41) is 2.02. The van der Waals surface area contributed by atoms with Gasteiger partial charge in [-0.2, -0.15) is 0 Å². The molecule has 0 radical (unpaired) electrons. The highest BCUT2D eigenvalue weighted by molar-refractivity contribution is 7.98. The van der Waals surface area contributed by atoms with Gasteiger partial charge in [-0.3, -0.25) is 0 Å². The maximum Gasteiger partial charge on any atom is 0.336 e. The van der Waals surface area contributed by atoms with Crippen LogP contribution in [0.4, 0.5) is 0 Å². The second kappa shape index (κ2) is 7.48. The van der Waals surface area contributed by atoms with Gasteiger partial charge in [-0.15, -0.1) is 0 Å². The van der Waals surface area contributed by atoms with Crippen LogP contribution in [0.25, 0.3) is 11.0 Å². The quantitative estimate of drug-likeness (QED) is 0.460. The second-order valence-electron chi connectivity index (χ2n) is 6.45. The van der Waals surface area contributed by atoms with Crippen LogP contribution in [0.3, 0.4) is 0 Å². The van der Waals surface area contributed by atoms with Gasteiger partial charge in [-0.1, -0.05) is 37.2 Å². The number of nitrogens with zero attached hydrogens (tertiary/aromatic N) is 2. The molecule has 25 heavy (non-hydrogen) atoms. The number of hydrogen-bond donors (Lipinski definition) is 0. The van der Waals surface area contributed by atoms with Crippen LogP contribution in [0.15, 0.2) is 38.6 Å². The lowest BCUT2D eigenvalue weighted by molar-refractivity contribution is 0.559. The molecule has 0 aliphatic rings. The SMILES string of the molecule is CCCCn1c(SCc2cc(=O)oc3cc(C)ccc23)nc(C)c1C. The molecule has 2 heterocycles. The standard InChI is InChI=1S/C20H24N2O2S/c1-5-6-9-22-15(4)14(3)21-20(22)25-12-16-11-19(23)24-18-10-13(2)7-8-17(16)18/h7-8,10-11H,5-6,9,12H2,1-4H3. The lowest BCUT2D eigenvalue weighted by atomic mass is 10.1. The number of rotatable bonds is 6. The first-order chi connectivity index (χ1) is 12.0. The van der Waals surface area contributed by atoms with Gasteiger partial charge < -0.3 is 8.98 Å². The molecule has 0 amide bonds. The summed E-state index contributed by atoms with van der Waals surface area (Å²) in [6.07, 6.45) is 2.30. The predicted octanol–water partition coefficient (Wildman–Crippen LogP) is 5.01. The van der Waals surface area contributed by atoms with E-state index in [-0.39, 0.29) is 5.63 Å². The molecule has 4 nitrogen and oxygen atoms in total. The van der Waals surface area contributed by atoms with Gasteiger partial charge in [-0.05, 0) is 44.4 Å². The normalized spacial score (nSPS) is 11.4. The first kappa shape index (κ1) is 17.8. The molecule has 0 bridgehead atoms. The van der Waals surface area contributed by atoms with Gasteiger partial charge >= 0.3 is 5.63 Å². The molecule has 0 aliphatic heterocycles. The summed E-state index contributed by atoms with van der Waals surface area (Å²) < 4.78 is 7.64. The number of aromatic nitrogens is 2. The molecule has 0 spiro atoms. The van der Waals surface area contributed by atoms with E-state index in [1.54, 1.807) is 17.8 Å². The van der Waals surface area contributed by atoms with E-state index < -0.39 is 0 Å². The molecule has 0 atom stereocenters. The predicted molar refractivity (Wildman–Crippen MR) is 103 cm³/mol. The fourth-order valence-electron chi connectivity index (χ4n) is 2.91. The Morgan fingerprint density at radius 3 is 2.76 bits per heavy atom. The van der Waals surface area contributed by atoms with Crippen LogP contribution in [0.5, 0.6) is 0 Å². The van der Waals surface area contributed by atoms with Crippen molar-refractivity contribution in [3.63, 3.8) is 0 Å². The molecule has 3 aromatic rings. The van der Waals surface area contributed by atoms with Crippen molar-refractivity contribution in [1.82, 2.24) is 9.55 Å². The van der Waals surface area contributed by atoms with E-state index in [9.17, 15) is 4.79 Å². The minimum absolute atomic E-state index is 0.296. The van der Waals surface area contributed by atoms with Gasteiger partial charge in [0.15, 0.2) is 5.16 Å². The van der Waals surface area contributed by atoms with Crippen molar-refractivity contribution in [2.45, 2.75) is 58.0 Å². The Labute approximate surface area is 152 Å². The third-order valence-corrected chi connectivity index (χ3v) is 5.53. The van der Waals surface area contributed by atoms with E-state index in [0.29, 0.717) is 11.3 Å². The van der Waals surface area contributed by atoms with E-state index in [2.05, 4.69) is 25.3 Å². The van der Waals surface area contributed by atoms with Crippen molar-refractivity contribution in [3.8, 4) is 0 Å². The summed E-state index contributed by atoms with van der Waals surface area (Å²) in [6.45, 7) is 9.36. The summed E-state index contributed by atoms with van der Waals surface area (Å²) in [4.78, 5) is 16.6. The van der Waals surface area contributed by atoms with Crippen molar-refractivity contribution in [2.75, 3.05) is 0 Å². The lowest BCUT2D eigenvalue weighted by Crippen LogP contribution is -2.03. The highest BCUT2D eigenvalue weighted by Gasteiger charge is 2.13. The van der Waals surface area contributed by atoms with Crippen LogP contribution >= 0.6 is 11.8 Å². The molecule has 0 saturated heterocycles. The monoisotopic (exact) mass is 356 g/mol. The second-order valence-corrected chi connectivity index (χ2v) is 7.39. The Morgan fingerprint density at radius 2 is 2.00 bits per heavy atom. The zero-order chi connectivity index (χ0) is 18.0. The number of unbranched alkanes of at least 4 members (excludes halogenated alkanes) is 1. The zero-order valence-electron chi connectivity index (χ0n) is 15.3. The Bertz CT molecular complexity index is 956. The Kier molecular flexibility index (Phi) is 5.33. The minimum Gasteiger partial charge on any atom is -0.423 e. The maximum absolute atomic E-state index is 11.9. The van der Waals surface area contributed by atoms with Crippen molar-refractivity contribution in [2.24, 2.45) is 0 Å². The third-order valence-electron chi connectivity index (χ3n) is 4.50. The maximum atomic E-state index is 11.9. The van der Waals surface area contributed by atoms with E-state index in [0.717, 1.165) is 46.7 Å².